The predicted octanol–water partition coefficient (Wildman–Crippen LogP) is 3.95. The number of benzene rings is 1. The molecule has 2 bridgehead atoms. The molecule has 1 aliphatic carbocycles. The van der Waals surface area contributed by atoms with Crippen molar-refractivity contribution in [2.75, 3.05) is 31.2 Å². The van der Waals surface area contributed by atoms with Gasteiger partial charge in [0.2, 0.25) is 0 Å². The second-order valence-electron chi connectivity index (χ2n) is 7.17. The average Bonchev–Trinajstić information content (AvgIpc) is 3.03. The van der Waals surface area contributed by atoms with Crippen LogP contribution in [0.1, 0.15) is 36.6 Å². The maximum atomic E-state index is 9.51. The van der Waals surface area contributed by atoms with Crippen LogP contribution in [0.4, 0.5) is 0 Å². The number of aliphatic hydroxyl groups is 1. The molecule has 0 saturated carbocycles. The monoisotopic (exact) mass is 360 g/mol. The fourth-order valence-corrected chi connectivity index (χ4v) is 8.68. The molecule has 0 amide bonds. The Morgan fingerprint density at radius 2 is 2.08 bits per heavy atom. The zero-order valence-electron chi connectivity index (χ0n) is 13.8. The molecule has 3 aliphatic rings. The van der Waals surface area contributed by atoms with Crippen LogP contribution in [0, 0.1) is 5.92 Å². The zero-order chi connectivity index (χ0) is 16.1. The number of H-pyrrole nitrogens is 1. The zero-order valence-corrected chi connectivity index (χ0v) is 15.5. The number of hydrogen-bond donors (Lipinski definition) is 2. The lowest BCUT2D eigenvalue weighted by molar-refractivity contribution is 0.0754. The van der Waals surface area contributed by atoms with Crippen LogP contribution in [0.25, 0.3) is 10.9 Å². The van der Waals surface area contributed by atoms with Gasteiger partial charge in [-0.05, 0) is 49.3 Å². The van der Waals surface area contributed by atoms with Crippen molar-refractivity contribution in [2.45, 2.75) is 29.4 Å². The summed E-state index contributed by atoms with van der Waals surface area (Å²) >= 11 is 4.38. The lowest BCUT2D eigenvalue weighted by Gasteiger charge is -2.53. The number of para-hydroxylation sites is 1. The summed E-state index contributed by atoms with van der Waals surface area (Å²) in [4.78, 5) is 6.35. The number of aromatic nitrogens is 1. The fraction of sp³-hybridized carbons (Fsp3) is 0.579. The summed E-state index contributed by atoms with van der Waals surface area (Å²) in [5, 5.41) is 10.9. The van der Waals surface area contributed by atoms with E-state index in [1.807, 2.05) is 0 Å². The third kappa shape index (κ3) is 2.14. The maximum Gasteiger partial charge on any atom is 0.104 e. The number of nitrogens with zero attached hydrogens (tertiary/aromatic N) is 1. The van der Waals surface area contributed by atoms with Gasteiger partial charge in [-0.2, -0.15) is 0 Å². The van der Waals surface area contributed by atoms with Crippen LogP contribution in [-0.4, -0.2) is 46.2 Å². The highest BCUT2D eigenvalue weighted by Crippen LogP contribution is 2.64. The second-order valence-corrected chi connectivity index (χ2v) is 10.1. The number of piperidine rings is 1. The van der Waals surface area contributed by atoms with Gasteiger partial charge >= 0.3 is 0 Å². The third-order valence-electron chi connectivity index (χ3n) is 5.99. The van der Waals surface area contributed by atoms with E-state index in [0.717, 1.165) is 19.0 Å². The van der Waals surface area contributed by atoms with Gasteiger partial charge < -0.3 is 10.1 Å². The van der Waals surface area contributed by atoms with Crippen LogP contribution < -0.4 is 0 Å². The molecule has 2 atom stereocenters. The summed E-state index contributed by atoms with van der Waals surface area (Å²) < 4.78 is 0.231. The van der Waals surface area contributed by atoms with E-state index in [9.17, 15) is 5.11 Å². The van der Waals surface area contributed by atoms with Crippen LogP contribution >= 0.6 is 23.5 Å². The largest absolute Gasteiger partial charge is 0.395 e. The van der Waals surface area contributed by atoms with E-state index in [1.54, 1.807) is 0 Å². The molecule has 128 valence electrons. The van der Waals surface area contributed by atoms with Gasteiger partial charge in [-0.15, -0.1) is 23.5 Å². The first-order chi connectivity index (χ1) is 11.8. The number of fused-ring (bicyclic) bond motifs is 8. The number of aromatic amines is 1. The minimum atomic E-state index is 0.231. The van der Waals surface area contributed by atoms with Crippen molar-refractivity contribution in [3.05, 3.63) is 35.5 Å². The maximum absolute atomic E-state index is 9.51. The van der Waals surface area contributed by atoms with Crippen molar-refractivity contribution in [1.29, 1.82) is 0 Å². The van der Waals surface area contributed by atoms with Gasteiger partial charge in [0.15, 0.2) is 0 Å². The first kappa shape index (κ1) is 15.6. The van der Waals surface area contributed by atoms with E-state index in [-0.39, 0.29) is 10.7 Å². The Balaban J connectivity index is 1.72. The van der Waals surface area contributed by atoms with Gasteiger partial charge in [-0.3, -0.25) is 4.90 Å². The van der Waals surface area contributed by atoms with E-state index >= 15 is 0 Å². The molecular weight excluding hydrogens is 336 g/mol. The summed E-state index contributed by atoms with van der Waals surface area (Å²) in [6.45, 7) is 2.18. The Morgan fingerprint density at radius 1 is 1.25 bits per heavy atom. The van der Waals surface area contributed by atoms with Crippen LogP contribution in [-0.2, 0) is 4.08 Å². The first-order valence-electron chi connectivity index (χ1n) is 9.07. The molecule has 2 aromatic rings. The number of nitrogens with one attached hydrogen (secondary N) is 1. The highest BCUT2D eigenvalue weighted by atomic mass is 32.2. The van der Waals surface area contributed by atoms with Gasteiger partial charge in [0.05, 0.1) is 6.61 Å². The number of aliphatic hydroxyl groups excluding tert-OH is 1. The molecule has 5 rings (SSSR count). The summed E-state index contributed by atoms with van der Waals surface area (Å²) in [5.41, 5.74) is 4.30. The lowest BCUT2D eigenvalue weighted by Crippen LogP contribution is -2.48. The van der Waals surface area contributed by atoms with E-state index in [0.29, 0.717) is 6.04 Å². The predicted molar refractivity (Wildman–Crippen MR) is 104 cm³/mol. The van der Waals surface area contributed by atoms with Gasteiger partial charge in [0.25, 0.3) is 0 Å². The Bertz CT molecular complexity index is 753. The normalized spacial score (nSPS) is 29.0. The Hall–Kier alpha value is -0.620. The molecule has 2 N–H and O–H groups in total. The SMILES string of the molecule is OCCN1CCC2CC1c1c([nH]c3ccccc13)C21SCCCS1. The van der Waals surface area contributed by atoms with Crippen molar-refractivity contribution in [3.8, 4) is 0 Å². The smallest absolute Gasteiger partial charge is 0.104 e. The molecule has 0 radical (unpaired) electrons. The summed E-state index contributed by atoms with van der Waals surface area (Å²) in [6, 6.07) is 9.27. The molecule has 2 saturated heterocycles. The minimum absolute atomic E-state index is 0.231. The molecule has 1 aromatic carbocycles. The van der Waals surface area contributed by atoms with Crippen LogP contribution in [0.5, 0.6) is 0 Å². The number of β-amino-alcohol motifs (C(OH)–C–C–N with tert-alkyl or cyclic N) is 1. The van der Waals surface area contributed by atoms with Crippen molar-refractivity contribution in [2.24, 2.45) is 5.92 Å². The highest BCUT2D eigenvalue weighted by molar-refractivity contribution is 8.18. The second kappa shape index (κ2) is 5.97. The standard InChI is InChI=1S/C19H24N2OS2/c22-9-8-21-7-6-13-12-16(21)17-14-4-1-2-5-15(14)20-18(17)19(13)23-10-3-11-24-19/h1-2,4-5,13,16,20,22H,3,6-12H2. The van der Waals surface area contributed by atoms with Crippen LogP contribution in [0.15, 0.2) is 24.3 Å². The summed E-state index contributed by atoms with van der Waals surface area (Å²) in [6.07, 6.45) is 3.83. The van der Waals surface area contributed by atoms with E-state index in [2.05, 4.69) is 57.7 Å². The Morgan fingerprint density at radius 3 is 2.92 bits per heavy atom. The van der Waals surface area contributed by atoms with Crippen molar-refractivity contribution in [1.82, 2.24) is 9.88 Å². The van der Waals surface area contributed by atoms with Crippen molar-refractivity contribution < 1.29 is 5.11 Å². The quantitative estimate of drug-likeness (QED) is 0.851. The molecule has 3 heterocycles. The van der Waals surface area contributed by atoms with Gasteiger partial charge in [0, 0.05) is 34.7 Å². The average molecular weight is 361 g/mol. The van der Waals surface area contributed by atoms with E-state index in [4.69, 9.17) is 0 Å². The topological polar surface area (TPSA) is 39.3 Å². The van der Waals surface area contributed by atoms with Crippen molar-refractivity contribution in [3.63, 3.8) is 0 Å². The van der Waals surface area contributed by atoms with Crippen LogP contribution in [0.2, 0.25) is 0 Å². The number of rotatable bonds is 2. The molecule has 1 spiro atoms. The number of thioether (sulfide) groups is 2. The highest BCUT2D eigenvalue weighted by Gasteiger charge is 2.53. The molecule has 3 nitrogen and oxygen atoms in total. The van der Waals surface area contributed by atoms with Gasteiger partial charge in [-0.25, -0.2) is 0 Å². The molecule has 2 aliphatic heterocycles. The molecular formula is C19H24N2OS2. The Labute approximate surface area is 151 Å². The minimum Gasteiger partial charge on any atom is -0.395 e. The van der Waals surface area contributed by atoms with E-state index in [1.165, 1.54) is 52.9 Å². The Kier molecular flexibility index (Phi) is 3.89. The van der Waals surface area contributed by atoms with E-state index < -0.39 is 0 Å². The molecule has 5 heteroatoms. The lowest BCUT2D eigenvalue weighted by atomic mass is 9.77. The first-order valence-corrected chi connectivity index (χ1v) is 11.0. The molecule has 2 unspecified atom stereocenters. The third-order valence-corrected chi connectivity index (χ3v) is 9.61. The van der Waals surface area contributed by atoms with Gasteiger partial charge in [0.1, 0.15) is 4.08 Å². The number of likely N-dealkylation sites (tertiary alicyclic amines) is 1. The molecule has 1 aromatic heterocycles. The fourth-order valence-electron chi connectivity index (χ4n) is 4.97. The molecule has 2 fully saturated rings. The van der Waals surface area contributed by atoms with Crippen LogP contribution in [0.3, 0.4) is 0 Å². The molecule has 24 heavy (non-hydrogen) atoms. The summed E-state index contributed by atoms with van der Waals surface area (Å²) in [7, 11) is 0. The summed E-state index contributed by atoms with van der Waals surface area (Å²) in [5.74, 6) is 3.31. The van der Waals surface area contributed by atoms with Gasteiger partial charge in [-0.1, -0.05) is 18.2 Å². The van der Waals surface area contributed by atoms with Crippen molar-refractivity contribution >= 4 is 34.4 Å². The number of hydrogen-bond acceptors (Lipinski definition) is 4.